The number of aliphatic hydroxyl groups is 1. The Balaban J connectivity index is 2.73. The number of rotatable bonds is 5. The minimum atomic E-state index is -1.07. The highest BCUT2D eigenvalue weighted by molar-refractivity contribution is 6.35. The first kappa shape index (κ1) is 14.1. The molecule has 6 heteroatoms. The zero-order valence-electron chi connectivity index (χ0n) is 10.3. The molecule has 3 N–H and O–H groups in total. The molecule has 98 valence electrons. The van der Waals surface area contributed by atoms with Gasteiger partial charge in [0.2, 0.25) is 5.78 Å². The summed E-state index contributed by atoms with van der Waals surface area (Å²) < 4.78 is 0. The van der Waals surface area contributed by atoms with Crippen LogP contribution in [0.5, 0.6) is 0 Å². The van der Waals surface area contributed by atoms with Crippen LogP contribution >= 0.6 is 0 Å². The van der Waals surface area contributed by atoms with Crippen molar-refractivity contribution in [1.29, 1.82) is 0 Å². The number of carbonyl (C=O) groups is 2. The smallest absolute Gasteiger partial charge is 0.313 e. The van der Waals surface area contributed by atoms with Gasteiger partial charge in [0.1, 0.15) is 0 Å². The van der Waals surface area contributed by atoms with E-state index in [1.807, 2.05) is 6.07 Å². The number of aliphatic hydroxyl groups excluding tert-OH is 1. The van der Waals surface area contributed by atoms with Crippen molar-refractivity contribution in [2.24, 2.45) is 0 Å². The SMILES string of the molecule is CNc1cccc(C(O)CC(=O)C(=O)N(C)O)c1. The maximum Gasteiger partial charge on any atom is 0.313 e. The van der Waals surface area contributed by atoms with Gasteiger partial charge in [-0.1, -0.05) is 12.1 Å². The maximum atomic E-state index is 11.4. The summed E-state index contributed by atoms with van der Waals surface area (Å²) >= 11 is 0. The average Bonchev–Trinajstić information content (AvgIpc) is 2.37. The molecule has 0 saturated heterocycles. The molecular weight excluding hydrogens is 236 g/mol. The van der Waals surface area contributed by atoms with Crippen molar-refractivity contribution in [1.82, 2.24) is 5.06 Å². The van der Waals surface area contributed by atoms with E-state index in [1.54, 1.807) is 25.2 Å². The molecule has 18 heavy (non-hydrogen) atoms. The second kappa shape index (κ2) is 6.13. The molecule has 0 radical (unpaired) electrons. The summed E-state index contributed by atoms with van der Waals surface area (Å²) in [4.78, 5) is 22.5. The predicted molar refractivity (Wildman–Crippen MR) is 65.1 cm³/mol. The number of Topliss-reactive ketones (excluding diaryl/α,β-unsaturated/α-hetero) is 1. The van der Waals surface area contributed by atoms with Gasteiger partial charge in [0, 0.05) is 26.2 Å². The highest BCUT2D eigenvalue weighted by Crippen LogP contribution is 2.20. The fraction of sp³-hybridized carbons (Fsp3) is 0.333. The second-order valence-electron chi connectivity index (χ2n) is 3.85. The van der Waals surface area contributed by atoms with Crippen molar-refractivity contribution in [3.63, 3.8) is 0 Å². The molecule has 1 aromatic rings. The van der Waals surface area contributed by atoms with Gasteiger partial charge in [-0.25, -0.2) is 5.06 Å². The highest BCUT2D eigenvalue weighted by Gasteiger charge is 2.21. The Labute approximate surface area is 105 Å². The first-order valence-electron chi connectivity index (χ1n) is 5.41. The molecular formula is C12H16N2O4. The van der Waals surface area contributed by atoms with Crippen molar-refractivity contribution >= 4 is 17.4 Å². The molecule has 1 atom stereocenters. The van der Waals surface area contributed by atoms with Crippen LogP contribution in [0.3, 0.4) is 0 Å². The van der Waals surface area contributed by atoms with Crippen LogP contribution in [0.25, 0.3) is 0 Å². The van der Waals surface area contributed by atoms with Crippen LogP contribution in [-0.2, 0) is 9.59 Å². The van der Waals surface area contributed by atoms with Crippen LogP contribution in [0, 0.1) is 0 Å². The number of ketones is 1. The van der Waals surface area contributed by atoms with E-state index in [0.29, 0.717) is 5.56 Å². The van der Waals surface area contributed by atoms with E-state index in [2.05, 4.69) is 5.32 Å². The monoisotopic (exact) mass is 252 g/mol. The minimum Gasteiger partial charge on any atom is -0.388 e. The fourth-order valence-electron chi connectivity index (χ4n) is 1.46. The summed E-state index contributed by atoms with van der Waals surface area (Å²) in [5.41, 5.74) is 1.33. The van der Waals surface area contributed by atoms with Gasteiger partial charge in [-0.15, -0.1) is 0 Å². The summed E-state index contributed by atoms with van der Waals surface area (Å²) in [5.74, 6) is -1.89. The van der Waals surface area contributed by atoms with Crippen molar-refractivity contribution in [3.8, 4) is 0 Å². The number of carbonyl (C=O) groups excluding carboxylic acids is 2. The first-order valence-corrected chi connectivity index (χ1v) is 5.41. The van der Waals surface area contributed by atoms with E-state index in [1.165, 1.54) is 0 Å². The molecule has 0 heterocycles. The molecule has 6 nitrogen and oxygen atoms in total. The van der Waals surface area contributed by atoms with E-state index in [-0.39, 0.29) is 11.5 Å². The summed E-state index contributed by atoms with van der Waals surface area (Å²) in [5, 5.41) is 21.8. The minimum absolute atomic E-state index is 0.207. The van der Waals surface area contributed by atoms with E-state index in [0.717, 1.165) is 12.7 Å². The molecule has 0 spiro atoms. The number of hydrogen-bond donors (Lipinski definition) is 3. The molecule has 0 aliphatic carbocycles. The molecule has 0 saturated carbocycles. The van der Waals surface area contributed by atoms with E-state index in [9.17, 15) is 14.7 Å². The molecule has 0 bridgehead atoms. The van der Waals surface area contributed by atoms with Crippen molar-refractivity contribution < 1.29 is 19.9 Å². The van der Waals surface area contributed by atoms with Crippen molar-refractivity contribution in [2.75, 3.05) is 19.4 Å². The van der Waals surface area contributed by atoms with Gasteiger partial charge in [-0.05, 0) is 17.7 Å². The molecule has 1 rings (SSSR count). The lowest BCUT2D eigenvalue weighted by Crippen LogP contribution is -2.31. The lowest BCUT2D eigenvalue weighted by Gasteiger charge is -2.12. The van der Waals surface area contributed by atoms with E-state index >= 15 is 0 Å². The van der Waals surface area contributed by atoms with Crippen LogP contribution in [-0.4, -0.2) is 41.2 Å². The van der Waals surface area contributed by atoms with Crippen LogP contribution < -0.4 is 5.32 Å². The number of nitrogens with zero attached hydrogens (tertiary/aromatic N) is 1. The number of likely N-dealkylation sites (N-methyl/N-ethyl adjacent to an activating group) is 1. The Hall–Kier alpha value is -1.92. The average molecular weight is 252 g/mol. The first-order chi connectivity index (χ1) is 8.45. The Bertz CT molecular complexity index is 445. The van der Waals surface area contributed by atoms with E-state index < -0.39 is 17.8 Å². The van der Waals surface area contributed by atoms with Crippen molar-refractivity contribution in [2.45, 2.75) is 12.5 Å². The highest BCUT2D eigenvalue weighted by atomic mass is 16.5. The third-order valence-electron chi connectivity index (χ3n) is 2.47. The molecule has 0 aliphatic rings. The van der Waals surface area contributed by atoms with E-state index in [4.69, 9.17) is 5.21 Å². The third kappa shape index (κ3) is 3.54. The number of amides is 1. The van der Waals surface area contributed by atoms with Gasteiger partial charge in [-0.3, -0.25) is 14.8 Å². The molecule has 1 unspecified atom stereocenters. The molecule has 1 aromatic carbocycles. The molecule has 0 aromatic heterocycles. The second-order valence-corrected chi connectivity index (χ2v) is 3.85. The Morgan fingerprint density at radius 3 is 2.67 bits per heavy atom. The Kier molecular flexibility index (Phi) is 4.82. The number of hydroxylamine groups is 2. The molecule has 0 aliphatic heterocycles. The van der Waals surface area contributed by atoms with Crippen LogP contribution in [0.2, 0.25) is 0 Å². The number of anilines is 1. The number of nitrogens with one attached hydrogen (secondary N) is 1. The maximum absolute atomic E-state index is 11.4. The van der Waals surface area contributed by atoms with Crippen LogP contribution in [0.4, 0.5) is 5.69 Å². The summed E-state index contributed by atoms with van der Waals surface area (Å²) in [6, 6.07) is 6.89. The predicted octanol–water partition coefficient (Wildman–Crippen LogP) is 0.568. The van der Waals surface area contributed by atoms with Crippen LogP contribution in [0.1, 0.15) is 18.1 Å². The number of hydrogen-bond acceptors (Lipinski definition) is 5. The normalized spacial score (nSPS) is 11.8. The van der Waals surface area contributed by atoms with Crippen LogP contribution in [0.15, 0.2) is 24.3 Å². The van der Waals surface area contributed by atoms with Gasteiger partial charge < -0.3 is 10.4 Å². The summed E-state index contributed by atoms with van der Waals surface area (Å²) in [7, 11) is 2.80. The standard InChI is InChI=1S/C12H16N2O4/c1-13-9-5-3-4-8(6-9)10(15)7-11(16)12(17)14(2)18/h3-6,10,13,15,18H,7H2,1-2H3. The fourth-order valence-corrected chi connectivity index (χ4v) is 1.46. The topological polar surface area (TPSA) is 89.9 Å². The number of benzene rings is 1. The lowest BCUT2D eigenvalue weighted by atomic mass is 10.0. The quantitative estimate of drug-likeness (QED) is 0.405. The van der Waals surface area contributed by atoms with Crippen molar-refractivity contribution in [3.05, 3.63) is 29.8 Å². The van der Waals surface area contributed by atoms with Gasteiger partial charge in [0.25, 0.3) is 0 Å². The molecule has 0 fully saturated rings. The molecule has 1 amide bonds. The Morgan fingerprint density at radius 1 is 1.44 bits per heavy atom. The lowest BCUT2D eigenvalue weighted by molar-refractivity contribution is -0.166. The van der Waals surface area contributed by atoms with Gasteiger partial charge in [-0.2, -0.15) is 0 Å². The van der Waals surface area contributed by atoms with Gasteiger partial charge in [0.05, 0.1) is 6.10 Å². The Morgan fingerprint density at radius 2 is 2.11 bits per heavy atom. The van der Waals surface area contributed by atoms with Gasteiger partial charge >= 0.3 is 5.91 Å². The third-order valence-corrected chi connectivity index (χ3v) is 2.47. The summed E-state index contributed by atoms with van der Waals surface area (Å²) in [6.45, 7) is 0. The zero-order chi connectivity index (χ0) is 13.7. The summed E-state index contributed by atoms with van der Waals surface area (Å²) in [6.07, 6.45) is -1.44. The largest absolute Gasteiger partial charge is 0.388 e. The van der Waals surface area contributed by atoms with Gasteiger partial charge in [0.15, 0.2) is 0 Å². The zero-order valence-corrected chi connectivity index (χ0v) is 10.3.